The van der Waals surface area contributed by atoms with Crippen LogP contribution in [0.2, 0.25) is 0 Å². The maximum atomic E-state index is 11.1. The van der Waals surface area contributed by atoms with Crippen molar-refractivity contribution in [1.82, 2.24) is 10.6 Å². The minimum absolute atomic E-state index is 0.278. The molecule has 0 radical (unpaired) electrons. The predicted octanol–water partition coefficient (Wildman–Crippen LogP) is 6.67. The Labute approximate surface area is 169 Å². The Balaban J connectivity index is 3.02. The minimum Gasteiger partial charge on any atom is -0.376 e. The molecule has 0 bridgehead atoms. The third-order valence-electron chi connectivity index (χ3n) is 5.31. The first-order valence-corrected chi connectivity index (χ1v) is 11.9. The summed E-state index contributed by atoms with van der Waals surface area (Å²) < 4.78 is 0. The zero-order valence-corrected chi connectivity index (χ0v) is 18.2. The zero-order valence-electron chi connectivity index (χ0n) is 18.2. The van der Waals surface area contributed by atoms with Crippen molar-refractivity contribution >= 4 is 6.03 Å². The lowest BCUT2D eigenvalue weighted by Gasteiger charge is -2.05. The van der Waals surface area contributed by atoms with Gasteiger partial charge in [-0.05, 0) is 6.42 Å². The molecule has 0 rings (SSSR count). The number of amides is 2. The molecule has 0 aromatic rings. The van der Waals surface area contributed by atoms with Gasteiger partial charge in [-0.1, -0.05) is 122 Å². The van der Waals surface area contributed by atoms with Gasteiger partial charge in [-0.25, -0.2) is 4.79 Å². The minimum atomic E-state index is -0.301. The van der Waals surface area contributed by atoms with Crippen molar-refractivity contribution < 1.29 is 9.90 Å². The van der Waals surface area contributed by atoms with Gasteiger partial charge < -0.3 is 15.7 Å². The van der Waals surface area contributed by atoms with Crippen molar-refractivity contribution in [1.29, 1.82) is 0 Å². The maximum Gasteiger partial charge on any atom is 0.316 e. The zero-order chi connectivity index (χ0) is 19.8. The van der Waals surface area contributed by atoms with E-state index in [1.54, 1.807) is 0 Å². The second-order valence-corrected chi connectivity index (χ2v) is 7.95. The van der Waals surface area contributed by atoms with Gasteiger partial charge in [0, 0.05) is 6.54 Å². The Morgan fingerprint density at radius 3 is 1.22 bits per heavy atom. The van der Waals surface area contributed by atoms with Crippen LogP contribution in [-0.4, -0.2) is 24.4 Å². The second kappa shape index (κ2) is 23.3. The molecule has 0 fully saturated rings. The number of rotatable bonds is 21. The van der Waals surface area contributed by atoms with E-state index in [1.807, 2.05) is 0 Å². The molecule has 0 aromatic heterocycles. The number of unbranched alkanes of at least 4 members (excludes halogenated alkanes) is 18. The molecule has 0 spiro atoms. The largest absolute Gasteiger partial charge is 0.376 e. The van der Waals surface area contributed by atoms with Crippen LogP contribution >= 0.6 is 0 Å². The molecule has 0 aliphatic heterocycles. The fraction of sp³-hybridized carbons (Fsp3) is 0.957. The molecule has 4 heteroatoms. The molecule has 0 atom stereocenters. The lowest BCUT2D eigenvalue weighted by atomic mass is 10.0. The van der Waals surface area contributed by atoms with Crippen LogP contribution in [0.5, 0.6) is 0 Å². The predicted molar refractivity (Wildman–Crippen MR) is 117 cm³/mol. The third kappa shape index (κ3) is 23.2. The number of aliphatic hydroxyl groups is 1. The molecule has 0 aliphatic rings. The Kier molecular flexibility index (Phi) is 22.6. The summed E-state index contributed by atoms with van der Waals surface area (Å²) in [5.41, 5.74) is 0. The van der Waals surface area contributed by atoms with Gasteiger partial charge in [0.1, 0.15) is 6.73 Å². The number of urea groups is 1. The van der Waals surface area contributed by atoms with E-state index in [-0.39, 0.29) is 12.8 Å². The number of hydrogen-bond donors (Lipinski definition) is 3. The van der Waals surface area contributed by atoms with E-state index in [0.717, 1.165) is 6.42 Å². The van der Waals surface area contributed by atoms with E-state index >= 15 is 0 Å². The SMILES string of the molecule is CCCCCCCCCCCCCCCCCCCCCNC(=O)NCO. The van der Waals surface area contributed by atoms with Gasteiger partial charge in [0.25, 0.3) is 0 Å². The van der Waals surface area contributed by atoms with Gasteiger partial charge in [-0.2, -0.15) is 0 Å². The Bertz CT molecular complexity index is 298. The molecular formula is C23H48N2O2. The highest BCUT2D eigenvalue weighted by Crippen LogP contribution is 2.14. The lowest BCUT2D eigenvalue weighted by Crippen LogP contribution is -2.36. The standard InChI is InChI=1S/C23H48N2O2/c1-2-3-4-5-6-7-8-9-10-11-12-13-14-15-16-17-18-19-20-21-24-23(27)25-22-26/h26H,2-22H2,1H3,(H2,24,25,27). The van der Waals surface area contributed by atoms with Crippen LogP contribution in [0.1, 0.15) is 129 Å². The van der Waals surface area contributed by atoms with Gasteiger partial charge >= 0.3 is 6.03 Å². The maximum absolute atomic E-state index is 11.1. The van der Waals surface area contributed by atoms with E-state index in [0.29, 0.717) is 6.54 Å². The Morgan fingerprint density at radius 2 is 0.889 bits per heavy atom. The highest BCUT2D eigenvalue weighted by molar-refractivity contribution is 5.73. The summed E-state index contributed by atoms with van der Waals surface area (Å²) in [5, 5.41) is 13.6. The van der Waals surface area contributed by atoms with Crippen molar-refractivity contribution in [3.05, 3.63) is 0 Å². The van der Waals surface area contributed by atoms with Gasteiger partial charge in [0.2, 0.25) is 0 Å². The first-order valence-electron chi connectivity index (χ1n) is 11.9. The number of aliphatic hydroxyl groups excluding tert-OH is 1. The molecule has 162 valence electrons. The average Bonchev–Trinajstić information content (AvgIpc) is 2.66. The van der Waals surface area contributed by atoms with Gasteiger partial charge in [-0.15, -0.1) is 0 Å². The van der Waals surface area contributed by atoms with Gasteiger partial charge in [-0.3, -0.25) is 0 Å². The lowest BCUT2D eigenvalue weighted by molar-refractivity contribution is 0.217. The van der Waals surface area contributed by atoms with E-state index in [1.165, 1.54) is 116 Å². The number of nitrogens with one attached hydrogen (secondary N) is 2. The monoisotopic (exact) mass is 384 g/mol. The summed E-state index contributed by atoms with van der Waals surface area (Å²) in [6.07, 6.45) is 26.1. The van der Waals surface area contributed by atoms with Crippen LogP contribution in [0, 0.1) is 0 Å². The molecule has 0 aliphatic carbocycles. The molecule has 27 heavy (non-hydrogen) atoms. The van der Waals surface area contributed by atoms with Crippen molar-refractivity contribution in [2.75, 3.05) is 13.3 Å². The molecule has 2 amide bonds. The van der Waals surface area contributed by atoms with Crippen LogP contribution in [-0.2, 0) is 0 Å². The van der Waals surface area contributed by atoms with Crippen molar-refractivity contribution in [2.45, 2.75) is 129 Å². The summed E-state index contributed by atoms with van der Waals surface area (Å²) in [6, 6.07) is -0.278. The fourth-order valence-electron chi connectivity index (χ4n) is 3.54. The van der Waals surface area contributed by atoms with Crippen LogP contribution in [0.3, 0.4) is 0 Å². The Morgan fingerprint density at radius 1 is 0.556 bits per heavy atom. The molecule has 0 aromatic carbocycles. The highest BCUT2D eigenvalue weighted by atomic mass is 16.3. The number of hydrogen-bond acceptors (Lipinski definition) is 2. The topological polar surface area (TPSA) is 61.4 Å². The number of carbonyl (C=O) groups excluding carboxylic acids is 1. The fourth-order valence-corrected chi connectivity index (χ4v) is 3.54. The van der Waals surface area contributed by atoms with Crippen LogP contribution in [0.25, 0.3) is 0 Å². The van der Waals surface area contributed by atoms with Crippen LogP contribution < -0.4 is 10.6 Å². The van der Waals surface area contributed by atoms with E-state index in [9.17, 15) is 4.79 Å². The van der Waals surface area contributed by atoms with E-state index < -0.39 is 0 Å². The summed E-state index contributed by atoms with van der Waals surface area (Å²) in [7, 11) is 0. The highest BCUT2D eigenvalue weighted by Gasteiger charge is 1.97. The average molecular weight is 385 g/mol. The smallest absolute Gasteiger partial charge is 0.316 e. The summed E-state index contributed by atoms with van der Waals surface area (Å²) in [4.78, 5) is 11.1. The first kappa shape index (κ1) is 26.2. The summed E-state index contributed by atoms with van der Waals surface area (Å²) in [5.74, 6) is 0. The Hall–Kier alpha value is -0.770. The van der Waals surface area contributed by atoms with Crippen LogP contribution in [0.4, 0.5) is 4.79 Å². The van der Waals surface area contributed by atoms with E-state index in [4.69, 9.17) is 5.11 Å². The first-order chi connectivity index (χ1) is 13.3. The molecule has 4 nitrogen and oxygen atoms in total. The molecule has 0 unspecified atom stereocenters. The molecular weight excluding hydrogens is 336 g/mol. The normalized spacial score (nSPS) is 10.9. The molecule has 0 saturated heterocycles. The van der Waals surface area contributed by atoms with Gasteiger partial charge in [0.05, 0.1) is 0 Å². The summed E-state index contributed by atoms with van der Waals surface area (Å²) >= 11 is 0. The summed E-state index contributed by atoms with van der Waals surface area (Å²) in [6.45, 7) is 2.68. The number of carbonyl (C=O) groups is 1. The van der Waals surface area contributed by atoms with Crippen molar-refractivity contribution in [2.24, 2.45) is 0 Å². The molecule has 0 saturated carbocycles. The van der Waals surface area contributed by atoms with Gasteiger partial charge in [0.15, 0.2) is 0 Å². The second-order valence-electron chi connectivity index (χ2n) is 7.95. The third-order valence-corrected chi connectivity index (χ3v) is 5.31. The van der Waals surface area contributed by atoms with Crippen molar-refractivity contribution in [3.63, 3.8) is 0 Å². The molecule has 3 N–H and O–H groups in total. The molecule has 0 heterocycles. The van der Waals surface area contributed by atoms with Crippen molar-refractivity contribution in [3.8, 4) is 0 Å². The van der Waals surface area contributed by atoms with Crippen LogP contribution in [0.15, 0.2) is 0 Å². The quantitative estimate of drug-likeness (QED) is 0.153. The van der Waals surface area contributed by atoms with E-state index in [2.05, 4.69) is 17.6 Å².